The third kappa shape index (κ3) is 4.25. The van der Waals surface area contributed by atoms with Crippen LogP contribution in [0, 0.1) is 0 Å². The molecular formula is C10H14N2O. The highest BCUT2D eigenvalue weighted by Gasteiger charge is 1.91. The number of pyridine rings is 1. The Bertz CT molecular complexity index is 266. The van der Waals surface area contributed by atoms with Crippen molar-refractivity contribution in [2.24, 2.45) is 5.16 Å². The van der Waals surface area contributed by atoms with E-state index in [2.05, 4.69) is 10.1 Å². The Morgan fingerprint density at radius 3 is 2.92 bits per heavy atom. The zero-order chi connectivity index (χ0) is 9.52. The Morgan fingerprint density at radius 1 is 1.46 bits per heavy atom. The first-order chi connectivity index (χ1) is 6.29. The Balaban J connectivity index is 2.25. The van der Waals surface area contributed by atoms with Gasteiger partial charge < -0.3 is 4.84 Å². The van der Waals surface area contributed by atoms with Crippen molar-refractivity contribution in [3.63, 3.8) is 0 Å². The summed E-state index contributed by atoms with van der Waals surface area (Å²) in [6.07, 6.45) is 2.58. The van der Waals surface area contributed by atoms with Crippen molar-refractivity contribution >= 4 is 5.71 Å². The van der Waals surface area contributed by atoms with Crippen LogP contribution in [0.5, 0.6) is 0 Å². The Kier molecular flexibility index (Phi) is 3.96. The van der Waals surface area contributed by atoms with Gasteiger partial charge in [0.1, 0.15) is 6.61 Å². The SMILES string of the molecule is CC(C)=NOCCc1ccccn1. The summed E-state index contributed by atoms with van der Waals surface area (Å²) in [6.45, 7) is 4.39. The number of aromatic nitrogens is 1. The lowest BCUT2D eigenvalue weighted by atomic mass is 10.3. The van der Waals surface area contributed by atoms with Gasteiger partial charge in [-0.25, -0.2) is 0 Å². The standard InChI is InChI=1S/C10H14N2O/c1-9(2)12-13-8-6-10-5-3-4-7-11-10/h3-5,7H,6,8H2,1-2H3. The fourth-order valence-electron chi connectivity index (χ4n) is 0.871. The third-order valence-corrected chi connectivity index (χ3v) is 1.42. The van der Waals surface area contributed by atoms with E-state index in [1.54, 1.807) is 6.20 Å². The van der Waals surface area contributed by atoms with Gasteiger partial charge in [0.25, 0.3) is 0 Å². The highest BCUT2D eigenvalue weighted by Crippen LogP contribution is 1.95. The predicted molar refractivity (Wildman–Crippen MR) is 52.7 cm³/mol. The molecule has 0 atom stereocenters. The number of hydrogen-bond donors (Lipinski definition) is 0. The van der Waals surface area contributed by atoms with Gasteiger partial charge in [-0.05, 0) is 26.0 Å². The predicted octanol–water partition coefficient (Wildman–Crippen LogP) is 2.04. The van der Waals surface area contributed by atoms with E-state index in [-0.39, 0.29) is 0 Å². The molecule has 0 aliphatic heterocycles. The lowest BCUT2D eigenvalue weighted by Gasteiger charge is -1.99. The number of nitrogens with zero attached hydrogens (tertiary/aromatic N) is 2. The number of hydrogen-bond acceptors (Lipinski definition) is 3. The molecule has 1 aromatic rings. The molecule has 13 heavy (non-hydrogen) atoms. The first-order valence-corrected chi connectivity index (χ1v) is 4.32. The minimum Gasteiger partial charge on any atom is -0.395 e. The molecule has 0 bridgehead atoms. The summed E-state index contributed by atoms with van der Waals surface area (Å²) in [6, 6.07) is 5.85. The molecule has 0 aliphatic carbocycles. The molecular weight excluding hydrogens is 164 g/mol. The van der Waals surface area contributed by atoms with Crippen LogP contribution >= 0.6 is 0 Å². The van der Waals surface area contributed by atoms with Crippen molar-refractivity contribution < 1.29 is 4.84 Å². The molecule has 0 aliphatic rings. The second-order valence-corrected chi connectivity index (χ2v) is 2.94. The summed E-state index contributed by atoms with van der Waals surface area (Å²) >= 11 is 0. The zero-order valence-electron chi connectivity index (χ0n) is 8.03. The average Bonchev–Trinajstić information content (AvgIpc) is 2.14. The van der Waals surface area contributed by atoms with E-state index in [9.17, 15) is 0 Å². The van der Waals surface area contributed by atoms with Crippen molar-refractivity contribution in [2.75, 3.05) is 6.61 Å². The van der Waals surface area contributed by atoms with Crippen LogP contribution in [0.2, 0.25) is 0 Å². The highest BCUT2D eigenvalue weighted by molar-refractivity contribution is 5.78. The lowest BCUT2D eigenvalue weighted by Crippen LogP contribution is -1.97. The van der Waals surface area contributed by atoms with Gasteiger partial charge in [-0.2, -0.15) is 0 Å². The van der Waals surface area contributed by atoms with Crippen LogP contribution in [-0.4, -0.2) is 17.3 Å². The molecule has 0 unspecified atom stereocenters. The van der Waals surface area contributed by atoms with E-state index in [1.807, 2.05) is 32.0 Å². The fraction of sp³-hybridized carbons (Fsp3) is 0.400. The Hall–Kier alpha value is -1.38. The first kappa shape index (κ1) is 9.71. The maximum atomic E-state index is 5.05. The highest BCUT2D eigenvalue weighted by atomic mass is 16.6. The van der Waals surface area contributed by atoms with E-state index in [4.69, 9.17) is 4.84 Å². The lowest BCUT2D eigenvalue weighted by molar-refractivity contribution is 0.146. The summed E-state index contributed by atoms with van der Waals surface area (Å²) in [7, 11) is 0. The molecule has 0 N–H and O–H groups in total. The van der Waals surface area contributed by atoms with Crippen molar-refractivity contribution in [3.05, 3.63) is 30.1 Å². The molecule has 0 fully saturated rings. The van der Waals surface area contributed by atoms with Gasteiger partial charge in [0.2, 0.25) is 0 Å². The van der Waals surface area contributed by atoms with Crippen LogP contribution in [0.1, 0.15) is 19.5 Å². The summed E-state index contributed by atoms with van der Waals surface area (Å²) < 4.78 is 0. The molecule has 3 nitrogen and oxygen atoms in total. The van der Waals surface area contributed by atoms with Gasteiger partial charge in [-0.1, -0.05) is 11.2 Å². The zero-order valence-corrected chi connectivity index (χ0v) is 8.03. The van der Waals surface area contributed by atoms with Crippen LogP contribution in [0.15, 0.2) is 29.6 Å². The molecule has 0 amide bonds. The number of oxime groups is 1. The van der Waals surface area contributed by atoms with E-state index < -0.39 is 0 Å². The second-order valence-electron chi connectivity index (χ2n) is 2.94. The molecule has 3 heteroatoms. The van der Waals surface area contributed by atoms with Crippen LogP contribution < -0.4 is 0 Å². The van der Waals surface area contributed by atoms with Crippen LogP contribution in [0.25, 0.3) is 0 Å². The monoisotopic (exact) mass is 178 g/mol. The summed E-state index contributed by atoms with van der Waals surface area (Å²) in [5.74, 6) is 0. The van der Waals surface area contributed by atoms with Crippen LogP contribution in [0.3, 0.4) is 0 Å². The molecule has 1 aromatic heterocycles. The molecule has 70 valence electrons. The van der Waals surface area contributed by atoms with Crippen molar-refractivity contribution in [1.82, 2.24) is 4.98 Å². The second kappa shape index (κ2) is 5.30. The molecule has 0 spiro atoms. The molecule has 1 heterocycles. The molecule has 0 saturated carbocycles. The van der Waals surface area contributed by atoms with Gasteiger partial charge in [-0.15, -0.1) is 0 Å². The van der Waals surface area contributed by atoms with Crippen LogP contribution in [-0.2, 0) is 11.3 Å². The smallest absolute Gasteiger partial charge is 0.122 e. The normalized spacial score (nSPS) is 9.38. The minimum absolute atomic E-state index is 0.586. The number of rotatable bonds is 4. The fourth-order valence-corrected chi connectivity index (χ4v) is 0.871. The minimum atomic E-state index is 0.586. The van der Waals surface area contributed by atoms with E-state index in [0.717, 1.165) is 17.8 Å². The maximum Gasteiger partial charge on any atom is 0.122 e. The van der Waals surface area contributed by atoms with Gasteiger partial charge in [0, 0.05) is 18.3 Å². The molecule has 0 saturated heterocycles. The average molecular weight is 178 g/mol. The van der Waals surface area contributed by atoms with E-state index in [0.29, 0.717) is 6.61 Å². The Morgan fingerprint density at radius 2 is 2.31 bits per heavy atom. The van der Waals surface area contributed by atoms with Crippen molar-refractivity contribution in [3.8, 4) is 0 Å². The van der Waals surface area contributed by atoms with E-state index in [1.165, 1.54) is 0 Å². The van der Waals surface area contributed by atoms with Crippen LogP contribution in [0.4, 0.5) is 0 Å². The van der Waals surface area contributed by atoms with Crippen molar-refractivity contribution in [1.29, 1.82) is 0 Å². The Labute approximate surface area is 78.4 Å². The molecule has 1 rings (SSSR count). The van der Waals surface area contributed by atoms with Crippen molar-refractivity contribution in [2.45, 2.75) is 20.3 Å². The summed E-state index contributed by atoms with van der Waals surface area (Å²) in [5.41, 5.74) is 1.97. The van der Waals surface area contributed by atoms with Gasteiger partial charge in [0.05, 0.1) is 5.71 Å². The van der Waals surface area contributed by atoms with E-state index >= 15 is 0 Å². The molecule has 0 aromatic carbocycles. The summed E-state index contributed by atoms with van der Waals surface area (Å²) in [5, 5.41) is 3.83. The largest absolute Gasteiger partial charge is 0.395 e. The first-order valence-electron chi connectivity index (χ1n) is 4.32. The van der Waals surface area contributed by atoms with Gasteiger partial charge in [0.15, 0.2) is 0 Å². The third-order valence-electron chi connectivity index (χ3n) is 1.42. The quantitative estimate of drug-likeness (QED) is 0.401. The molecule has 0 radical (unpaired) electrons. The van der Waals surface area contributed by atoms with Gasteiger partial charge >= 0.3 is 0 Å². The topological polar surface area (TPSA) is 34.5 Å². The maximum absolute atomic E-state index is 5.05. The van der Waals surface area contributed by atoms with Gasteiger partial charge in [-0.3, -0.25) is 4.98 Å². The summed E-state index contributed by atoms with van der Waals surface area (Å²) in [4.78, 5) is 9.21.